The topological polar surface area (TPSA) is 59.6 Å². The van der Waals surface area contributed by atoms with Crippen LogP contribution in [0.4, 0.5) is 14.9 Å². The minimum Gasteiger partial charge on any atom is -0.497 e. The van der Waals surface area contributed by atoms with Crippen LogP contribution >= 0.6 is 0 Å². The molecule has 5 nitrogen and oxygen atoms in total. The number of benzene rings is 2. The summed E-state index contributed by atoms with van der Waals surface area (Å²) in [5.41, 5.74) is 1.01. The number of ether oxygens (including phenoxy) is 2. The second kappa shape index (κ2) is 8.19. The summed E-state index contributed by atoms with van der Waals surface area (Å²) in [4.78, 5) is 11.9. The molecule has 24 heavy (non-hydrogen) atoms. The number of halogens is 1. The van der Waals surface area contributed by atoms with E-state index in [4.69, 9.17) is 9.47 Å². The van der Waals surface area contributed by atoms with E-state index in [1.807, 2.05) is 38.1 Å². The third kappa shape index (κ3) is 5.15. The van der Waals surface area contributed by atoms with Crippen molar-refractivity contribution in [2.45, 2.75) is 26.5 Å². The van der Waals surface area contributed by atoms with Gasteiger partial charge in [-0.05, 0) is 43.7 Å². The molecule has 0 spiro atoms. The van der Waals surface area contributed by atoms with E-state index >= 15 is 0 Å². The average molecular weight is 332 g/mol. The fraction of sp³-hybridized carbons (Fsp3) is 0.278. The average Bonchev–Trinajstić information content (AvgIpc) is 2.55. The fourth-order valence-electron chi connectivity index (χ4n) is 2.03. The van der Waals surface area contributed by atoms with Crippen molar-refractivity contribution in [2.75, 3.05) is 12.4 Å². The summed E-state index contributed by atoms with van der Waals surface area (Å²) in [5.74, 6) is 0.619. The minimum absolute atomic E-state index is 0.0454. The predicted molar refractivity (Wildman–Crippen MR) is 91.0 cm³/mol. The fourth-order valence-corrected chi connectivity index (χ4v) is 2.03. The molecule has 2 N–H and O–H groups in total. The van der Waals surface area contributed by atoms with Crippen molar-refractivity contribution < 1.29 is 18.7 Å². The van der Waals surface area contributed by atoms with Gasteiger partial charge in [0, 0.05) is 12.6 Å². The van der Waals surface area contributed by atoms with Crippen LogP contribution in [0.1, 0.15) is 19.4 Å². The Kier molecular flexibility index (Phi) is 6.01. The summed E-state index contributed by atoms with van der Waals surface area (Å²) in [6, 6.07) is 11.2. The molecule has 0 unspecified atom stereocenters. The Hall–Kier alpha value is -2.76. The smallest absolute Gasteiger partial charge is 0.319 e. The van der Waals surface area contributed by atoms with Gasteiger partial charge in [0.1, 0.15) is 17.3 Å². The van der Waals surface area contributed by atoms with E-state index in [0.717, 1.165) is 11.3 Å². The zero-order valence-corrected chi connectivity index (χ0v) is 13.9. The van der Waals surface area contributed by atoms with Gasteiger partial charge in [-0.1, -0.05) is 12.1 Å². The minimum atomic E-state index is -0.548. The van der Waals surface area contributed by atoms with E-state index in [2.05, 4.69) is 10.6 Å². The number of amides is 2. The van der Waals surface area contributed by atoms with Crippen LogP contribution in [0, 0.1) is 5.82 Å². The second-order valence-corrected chi connectivity index (χ2v) is 5.46. The van der Waals surface area contributed by atoms with Gasteiger partial charge in [-0.25, -0.2) is 9.18 Å². The number of hydrogen-bond acceptors (Lipinski definition) is 3. The Morgan fingerprint density at radius 3 is 2.38 bits per heavy atom. The molecule has 0 aromatic heterocycles. The molecule has 0 aliphatic heterocycles. The maximum absolute atomic E-state index is 14.0. The van der Waals surface area contributed by atoms with Crippen LogP contribution in [0.5, 0.6) is 11.5 Å². The lowest BCUT2D eigenvalue weighted by molar-refractivity contribution is 0.241. The number of carbonyl (C=O) groups excluding carboxylic acids is 1. The van der Waals surface area contributed by atoms with Crippen molar-refractivity contribution in [2.24, 2.45) is 0 Å². The van der Waals surface area contributed by atoms with Crippen LogP contribution in [0.25, 0.3) is 0 Å². The van der Waals surface area contributed by atoms with Gasteiger partial charge in [0.15, 0.2) is 0 Å². The van der Waals surface area contributed by atoms with Gasteiger partial charge in [0.25, 0.3) is 0 Å². The zero-order chi connectivity index (χ0) is 17.5. The molecule has 0 saturated carbocycles. The van der Waals surface area contributed by atoms with E-state index < -0.39 is 11.8 Å². The summed E-state index contributed by atoms with van der Waals surface area (Å²) < 4.78 is 24.4. The number of rotatable bonds is 6. The summed E-state index contributed by atoms with van der Waals surface area (Å²) in [6.07, 6.45) is -0.0454. The van der Waals surface area contributed by atoms with Gasteiger partial charge in [0.2, 0.25) is 0 Å². The van der Waals surface area contributed by atoms with Crippen molar-refractivity contribution in [3.63, 3.8) is 0 Å². The highest BCUT2D eigenvalue weighted by molar-refractivity contribution is 5.89. The SMILES string of the molecule is COc1ccc(CNC(=O)Nc2ccc(OC(C)C)cc2F)cc1. The molecule has 2 rings (SSSR count). The molecule has 6 heteroatoms. The number of methoxy groups -OCH3 is 1. The van der Waals surface area contributed by atoms with Crippen LogP contribution in [0.3, 0.4) is 0 Å². The number of urea groups is 1. The van der Waals surface area contributed by atoms with E-state index in [0.29, 0.717) is 12.3 Å². The van der Waals surface area contributed by atoms with Crippen LogP contribution in [0.2, 0.25) is 0 Å². The number of carbonyl (C=O) groups is 1. The zero-order valence-electron chi connectivity index (χ0n) is 13.9. The van der Waals surface area contributed by atoms with Gasteiger partial charge >= 0.3 is 6.03 Å². The van der Waals surface area contributed by atoms with Crippen LogP contribution in [-0.2, 0) is 6.54 Å². The molecule has 2 aromatic carbocycles. The molecule has 2 amide bonds. The molecular formula is C18H21FN2O3. The van der Waals surface area contributed by atoms with Crippen molar-refractivity contribution in [1.82, 2.24) is 5.32 Å². The molecule has 2 aromatic rings. The van der Waals surface area contributed by atoms with Crippen LogP contribution in [0.15, 0.2) is 42.5 Å². The molecule has 0 fully saturated rings. The Morgan fingerprint density at radius 1 is 1.12 bits per heavy atom. The quantitative estimate of drug-likeness (QED) is 0.842. The Balaban J connectivity index is 1.89. The Labute approximate surface area is 140 Å². The van der Waals surface area contributed by atoms with Gasteiger partial charge in [-0.2, -0.15) is 0 Å². The summed E-state index contributed by atoms with van der Waals surface area (Å²) in [5, 5.41) is 5.15. The first-order chi connectivity index (χ1) is 11.5. The van der Waals surface area contributed by atoms with Crippen LogP contribution in [-0.4, -0.2) is 19.2 Å². The highest BCUT2D eigenvalue weighted by Gasteiger charge is 2.09. The van der Waals surface area contributed by atoms with E-state index in [1.165, 1.54) is 12.1 Å². The lowest BCUT2D eigenvalue weighted by Crippen LogP contribution is -2.28. The second-order valence-electron chi connectivity index (χ2n) is 5.46. The summed E-state index contributed by atoms with van der Waals surface area (Å²) in [7, 11) is 1.59. The third-order valence-corrected chi connectivity index (χ3v) is 3.17. The van der Waals surface area contributed by atoms with E-state index in [1.54, 1.807) is 13.2 Å². The molecular weight excluding hydrogens is 311 g/mol. The maximum atomic E-state index is 14.0. The van der Waals surface area contributed by atoms with Crippen molar-refractivity contribution in [3.8, 4) is 11.5 Å². The molecule has 0 aliphatic rings. The standard InChI is InChI=1S/C18H21FN2O3/c1-12(2)24-15-8-9-17(16(19)10-15)21-18(22)20-11-13-4-6-14(23-3)7-5-13/h4-10,12H,11H2,1-3H3,(H2,20,21,22). The number of anilines is 1. The van der Waals surface area contributed by atoms with Gasteiger partial charge in [-0.3, -0.25) is 0 Å². The summed E-state index contributed by atoms with van der Waals surface area (Å²) in [6.45, 7) is 4.04. The molecule has 0 heterocycles. The first-order valence-corrected chi connectivity index (χ1v) is 7.62. The Bertz CT molecular complexity index is 687. The van der Waals surface area contributed by atoms with Crippen molar-refractivity contribution >= 4 is 11.7 Å². The lowest BCUT2D eigenvalue weighted by Gasteiger charge is -2.12. The van der Waals surface area contributed by atoms with Gasteiger partial charge < -0.3 is 20.1 Å². The highest BCUT2D eigenvalue weighted by Crippen LogP contribution is 2.21. The third-order valence-electron chi connectivity index (χ3n) is 3.17. The molecule has 0 aliphatic carbocycles. The first-order valence-electron chi connectivity index (χ1n) is 7.62. The van der Waals surface area contributed by atoms with Gasteiger partial charge in [0.05, 0.1) is 18.9 Å². The molecule has 128 valence electrons. The highest BCUT2D eigenvalue weighted by atomic mass is 19.1. The normalized spacial score (nSPS) is 10.4. The van der Waals surface area contributed by atoms with Gasteiger partial charge in [-0.15, -0.1) is 0 Å². The first kappa shape index (κ1) is 17.6. The summed E-state index contributed by atoms with van der Waals surface area (Å²) >= 11 is 0. The van der Waals surface area contributed by atoms with Crippen LogP contribution < -0.4 is 20.1 Å². The largest absolute Gasteiger partial charge is 0.497 e. The molecule has 0 saturated heterocycles. The molecule has 0 atom stereocenters. The molecule has 0 bridgehead atoms. The maximum Gasteiger partial charge on any atom is 0.319 e. The number of hydrogen-bond donors (Lipinski definition) is 2. The van der Waals surface area contributed by atoms with E-state index in [9.17, 15) is 9.18 Å². The monoisotopic (exact) mass is 332 g/mol. The molecule has 0 radical (unpaired) electrons. The lowest BCUT2D eigenvalue weighted by atomic mass is 10.2. The van der Waals surface area contributed by atoms with Crippen molar-refractivity contribution in [3.05, 3.63) is 53.8 Å². The van der Waals surface area contributed by atoms with E-state index in [-0.39, 0.29) is 11.8 Å². The van der Waals surface area contributed by atoms with Crippen molar-refractivity contribution in [1.29, 1.82) is 0 Å². The Morgan fingerprint density at radius 2 is 1.79 bits per heavy atom. The predicted octanol–water partition coefficient (Wildman–Crippen LogP) is 3.94. The number of nitrogens with one attached hydrogen (secondary N) is 2.